The quantitative estimate of drug-likeness (QED) is 0.290. The Morgan fingerprint density at radius 1 is 1.57 bits per heavy atom. The van der Waals surface area contributed by atoms with Gasteiger partial charge in [-0.25, -0.2) is 4.98 Å². The number of quaternary nitrogens is 1. The number of nitrogens with two attached hydrogens (primary N) is 1. The summed E-state index contributed by atoms with van der Waals surface area (Å²) in [4.78, 5) is 18.7. The van der Waals surface area contributed by atoms with Gasteiger partial charge in [-0.1, -0.05) is 16.7 Å². The van der Waals surface area contributed by atoms with Crippen LogP contribution >= 0.6 is 11.6 Å². The Morgan fingerprint density at radius 3 is 3.10 bits per heavy atom. The topological polar surface area (TPSA) is 86.0 Å². The number of hydrogen-bond donors (Lipinski definition) is 2. The number of carbonyl (C=O) groups excluding carboxylic acids is 1. The summed E-state index contributed by atoms with van der Waals surface area (Å²) < 4.78 is 0. The highest BCUT2D eigenvalue weighted by Gasteiger charge is 2.29. The van der Waals surface area contributed by atoms with Crippen LogP contribution < -0.4 is 5.43 Å². The van der Waals surface area contributed by atoms with Crippen molar-refractivity contribution in [2.75, 3.05) is 6.54 Å². The number of pyridine rings is 1. The van der Waals surface area contributed by atoms with Crippen LogP contribution in [-0.4, -0.2) is 40.3 Å². The van der Waals surface area contributed by atoms with Crippen LogP contribution in [0.25, 0.3) is 0 Å². The van der Waals surface area contributed by atoms with Gasteiger partial charge in [-0.05, 0) is 32.3 Å². The van der Waals surface area contributed by atoms with Gasteiger partial charge in [0.1, 0.15) is 11.7 Å². The summed E-state index contributed by atoms with van der Waals surface area (Å²) in [5.74, 6) is -0.158. The molecule has 1 fully saturated rings. The van der Waals surface area contributed by atoms with E-state index in [1.165, 1.54) is 11.6 Å². The van der Waals surface area contributed by atoms with Gasteiger partial charge in [-0.15, -0.1) is 0 Å². The van der Waals surface area contributed by atoms with Crippen molar-refractivity contribution in [3.05, 3.63) is 23.5 Å². The van der Waals surface area contributed by atoms with Gasteiger partial charge < -0.3 is 10.3 Å². The number of likely N-dealkylation sites (tertiary alicyclic amines) is 1. The van der Waals surface area contributed by atoms with Gasteiger partial charge in [0.2, 0.25) is 0 Å². The largest absolute Gasteiger partial charge is 0.321 e. The maximum Gasteiger partial charge on any atom is 0.279 e. The molecule has 21 heavy (non-hydrogen) atoms. The first-order chi connectivity index (χ1) is 10.1. The molecule has 1 aliphatic rings. The first kappa shape index (κ1) is 15.6. The normalized spacial score (nSPS) is 19.0. The predicted molar refractivity (Wildman–Crippen MR) is 82.4 cm³/mol. The van der Waals surface area contributed by atoms with Gasteiger partial charge in [-0.2, -0.15) is 5.43 Å². The van der Waals surface area contributed by atoms with Crippen molar-refractivity contribution >= 4 is 35.6 Å². The number of amides is 1. The van der Waals surface area contributed by atoms with E-state index in [1.807, 2.05) is 19.1 Å². The zero-order valence-corrected chi connectivity index (χ0v) is 12.7. The first-order valence-corrected chi connectivity index (χ1v) is 7.35. The zero-order chi connectivity index (χ0) is 15.2. The molecular formula is C14H19ClN5O+. The minimum absolute atomic E-state index is 0.158. The second-order valence-corrected chi connectivity index (χ2v) is 5.42. The lowest BCUT2D eigenvalue weighted by molar-refractivity contribution is -0.577. The summed E-state index contributed by atoms with van der Waals surface area (Å²) in [7, 11) is 0. The van der Waals surface area contributed by atoms with Crippen LogP contribution in [0.4, 0.5) is 5.69 Å². The van der Waals surface area contributed by atoms with E-state index in [1.54, 1.807) is 4.90 Å². The number of alkyl halides is 1. The van der Waals surface area contributed by atoms with Gasteiger partial charge in [0.05, 0.1) is 0 Å². The average molecular weight is 309 g/mol. The lowest BCUT2D eigenvalue weighted by Gasteiger charge is -2.31. The number of carbonyl (C=O) groups is 1. The smallest absolute Gasteiger partial charge is 0.279 e. The second kappa shape index (κ2) is 7.28. The van der Waals surface area contributed by atoms with E-state index in [2.05, 4.69) is 10.1 Å². The van der Waals surface area contributed by atoms with Crippen molar-refractivity contribution < 1.29 is 10.2 Å². The lowest BCUT2D eigenvalue weighted by Crippen LogP contribution is -2.72. The highest BCUT2D eigenvalue weighted by Crippen LogP contribution is 2.23. The van der Waals surface area contributed by atoms with E-state index in [9.17, 15) is 4.79 Å². The van der Waals surface area contributed by atoms with E-state index >= 15 is 0 Å². The van der Waals surface area contributed by atoms with Gasteiger partial charge >= 0.3 is 0 Å². The Balaban J connectivity index is 2.27. The molecule has 0 radical (unpaired) electrons. The molecule has 2 rings (SSSR count). The zero-order valence-electron chi connectivity index (χ0n) is 11.9. The van der Waals surface area contributed by atoms with Crippen LogP contribution in [0, 0.1) is 12.3 Å². The van der Waals surface area contributed by atoms with Crippen LogP contribution in [0.15, 0.2) is 17.2 Å². The monoisotopic (exact) mass is 308 g/mol. The molecule has 1 atom stereocenters. The summed E-state index contributed by atoms with van der Waals surface area (Å²) in [6.45, 7) is 2.50. The minimum Gasteiger partial charge on any atom is -0.321 e. The van der Waals surface area contributed by atoms with Crippen molar-refractivity contribution in [3.8, 4) is 0 Å². The number of halogens is 1. The van der Waals surface area contributed by atoms with Crippen molar-refractivity contribution in [2.24, 2.45) is 5.10 Å². The Hall–Kier alpha value is -1.79. The van der Waals surface area contributed by atoms with E-state index in [-0.39, 0.29) is 11.4 Å². The highest BCUT2D eigenvalue weighted by atomic mass is 35.5. The van der Waals surface area contributed by atoms with Gasteiger partial charge in [0.15, 0.2) is 11.4 Å². The molecule has 0 unspecified atom stereocenters. The summed E-state index contributed by atoms with van der Waals surface area (Å²) in [6.07, 6.45) is 5.25. The van der Waals surface area contributed by atoms with Crippen molar-refractivity contribution in [3.63, 3.8) is 0 Å². The molecule has 2 heterocycles. The molecule has 3 N–H and O–H groups in total. The Kier molecular flexibility index (Phi) is 5.41. The molecule has 7 heteroatoms. The standard InChI is InChI=1S/C14H18ClN5O/c1-10-5-6-11(19-17-8-7-16)13(18-10)14(21)20-9-3-2-4-12(20)15/h5-8,12,16,19H,2-4,9H2,1H3/p+1/b16-7?,17-8-/t12-/m0/s1. The van der Waals surface area contributed by atoms with E-state index in [0.29, 0.717) is 17.9 Å². The van der Waals surface area contributed by atoms with Crippen LogP contribution in [0.1, 0.15) is 35.4 Å². The number of aryl methyl sites for hydroxylation is 1. The second-order valence-electron chi connectivity index (χ2n) is 4.91. The molecule has 0 bridgehead atoms. The van der Waals surface area contributed by atoms with Gasteiger partial charge in [0.25, 0.3) is 5.91 Å². The van der Waals surface area contributed by atoms with E-state index in [0.717, 1.165) is 31.2 Å². The summed E-state index contributed by atoms with van der Waals surface area (Å²) >= 11 is 6.25. The van der Waals surface area contributed by atoms with Gasteiger partial charge in [-0.3, -0.25) is 4.79 Å². The molecule has 0 saturated carbocycles. The molecule has 1 aromatic heterocycles. The molecule has 0 aliphatic carbocycles. The van der Waals surface area contributed by atoms with Crippen LogP contribution in [0.3, 0.4) is 0 Å². The molecule has 1 amide bonds. The molecule has 1 aliphatic heterocycles. The number of nitrogens with one attached hydrogen (secondary N) is 1. The SMILES string of the molecule is Cc1ccc([NH2+]/N=C\C=N)c(C(=O)N2CCCC[C@H]2Cl)n1. The van der Waals surface area contributed by atoms with Crippen molar-refractivity contribution in [1.82, 2.24) is 9.88 Å². The number of hydrogen-bond acceptors (Lipinski definition) is 4. The number of piperidine rings is 1. The Labute approximate surface area is 128 Å². The van der Waals surface area contributed by atoms with Crippen molar-refractivity contribution in [1.29, 1.82) is 5.41 Å². The third-order valence-corrected chi connectivity index (χ3v) is 3.79. The molecular weight excluding hydrogens is 290 g/mol. The van der Waals surface area contributed by atoms with Gasteiger partial charge in [0, 0.05) is 24.5 Å². The summed E-state index contributed by atoms with van der Waals surface area (Å²) in [5, 5.41) is 10.9. The summed E-state index contributed by atoms with van der Waals surface area (Å²) in [5.41, 5.74) is 3.04. The predicted octanol–water partition coefficient (Wildman–Crippen LogP) is 1.41. The fraction of sp³-hybridized carbons (Fsp3) is 0.429. The van der Waals surface area contributed by atoms with E-state index in [4.69, 9.17) is 17.0 Å². The Bertz CT molecular complexity index is 560. The fourth-order valence-electron chi connectivity index (χ4n) is 2.26. The molecule has 6 nitrogen and oxygen atoms in total. The fourth-order valence-corrected chi connectivity index (χ4v) is 2.61. The molecule has 0 aromatic carbocycles. The third-order valence-electron chi connectivity index (χ3n) is 3.33. The van der Waals surface area contributed by atoms with Crippen molar-refractivity contribution in [2.45, 2.75) is 31.7 Å². The third kappa shape index (κ3) is 3.86. The lowest BCUT2D eigenvalue weighted by atomic mass is 10.1. The maximum absolute atomic E-state index is 12.7. The number of nitrogens with zero attached hydrogens (tertiary/aromatic N) is 3. The highest BCUT2D eigenvalue weighted by molar-refractivity contribution is 6.21. The minimum atomic E-state index is -0.272. The van der Waals surface area contributed by atoms with E-state index < -0.39 is 0 Å². The summed E-state index contributed by atoms with van der Waals surface area (Å²) in [6, 6.07) is 3.64. The Morgan fingerprint density at radius 2 is 2.38 bits per heavy atom. The maximum atomic E-state index is 12.7. The molecule has 0 spiro atoms. The molecule has 1 saturated heterocycles. The average Bonchev–Trinajstić information content (AvgIpc) is 2.49. The van der Waals surface area contributed by atoms with Crippen LogP contribution in [-0.2, 0) is 0 Å². The molecule has 1 aromatic rings. The van der Waals surface area contributed by atoms with Crippen LogP contribution in [0.5, 0.6) is 0 Å². The first-order valence-electron chi connectivity index (χ1n) is 6.91. The number of rotatable bonds is 4. The van der Waals surface area contributed by atoms with Crippen LogP contribution in [0.2, 0.25) is 0 Å². The molecule has 112 valence electrons. The number of aromatic nitrogens is 1.